The summed E-state index contributed by atoms with van der Waals surface area (Å²) in [5.74, 6) is 1.74. The lowest BCUT2D eigenvalue weighted by Crippen LogP contribution is -2.17. The van der Waals surface area contributed by atoms with Gasteiger partial charge >= 0.3 is 5.97 Å². The van der Waals surface area contributed by atoms with Gasteiger partial charge in [-0.25, -0.2) is 4.39 Å². The summed E-state index contributed by atoms with van der Waals surface area (Å²) in [6.45, 7) is 4.08. The number of halogens is 1. The molecule has 2 saturated carbocycles. The minimum absolute atomic E-state index is 0.0582. The van der Waals surface area contributed by atoms with E-state index in [-0.39, 0.29) is 17.9 Å². The molecule has 4 atom stereocenters. The Bertz CT molecular complexity index is 805. The molecule has 26 heavy (non-hydrogen) atoms. The maximum Gasteiger partial charge on any atom is 0.306 e. The molecule has 2 aromatic rings. The van der Waals surface area contributed by atoms with E-state index in [1.54, 1.807) is 12.1 Å². The first-order valence-corrected chi connectivity index (χ1v) is 9.73. The number of hydrogen-bond acceptors (Lipinski definition) is 3. The zero-order valence-electron chi connectivity index (χ0n) is 15.5. The van der Waals surface area contributed by atoms with Crippen LogP contribution in [0.25, 0.3) is 10.9 Å². The minimum atomic E-state index is -0.206. The van der Waals surface area contributed by atoms with Crippen LogP contribution in [0.2, 0.25) is 0 Å². The number of fused-ring (bicyclic) bond motifs is 2. The maximum absolute atomic E-state index is 13.7. The van der Waals surface area contributed by atoms with Crippen LogP contribution in [-0.2, 0) is 9.53 Å². The first-order chi connectivity index (χ1) is 12.5. The van der Waals surface area contributed by atoms with Gasteiger partial charge in [0, 0.05) is 18.0 Å². The second-order valence-electron chi connectivity index (χ2n) is 8.43. The Morgan fingerprint density at radius 1 is 1.19 bits per heavy atom. The Morgan fingerprint density at radius 3 is 2.62 bits per heavy atom. The summed E-state index contributed by atoms with van der Waals surface area (Å²) in [5, 5.41) is 0.942. The first kappa shape index (κ1) is 17.4. The Kier molecular flexibility index (Phi) is 4.68. The number of ether oxygens (including phenoxy) is 1. The number of nitrogens with zero attached hydrogens (tertiary/aromatic N) is 1. The van der Waals surface area contributed by atoms with Gasteiger partial charge in [0.1, 0.15) is 11.9 Å². The molecule has 0 aliphatic heterocycles. The molecule has 2 fully saturated rings. The third-order valence-corrected chi connectivity index (χ3v) is 6.02. The summed E-state index contributed by atoms with van der Waals surface area (Å²) in [6, 6.07) is 6.89. The monoisotopic (exact) mass is 355 g/mol. The van der Waals surface area contributed by atoms with Crippen molar-refractivity contribution >= 4 is 16.9 Å². The van der Waals surface area contributed by atoms with E-state index in [0.29, 0.717) is 30.1 Å². The highest BCUT2D eigenvalue weighted by molar-refractivity contribution is 5.82. The van der Waals surface area contributed by atoms with E-state index in [0.717, 1.165) is 36.6 Å². The van der Waals surface area contributed by atoms with Crippen LogP contribution in [0.5, 0.6) is 0 Å². The molecule has 0 saturated heterocycles. The van der Waals surface area contributed by atoms with Gasteiger partial charge in [-0.1, -0.05) is 13.8 Å². The molecule has 2 aliphatic rings. The van der Waals surface area contributed by atoms with Crippen molar-refractivity contribution in [1.29, 1.82) is 0 Å². The molecule has 0 spiro atoms. The Labute approximate surface area is 154 Å². The molecule has 0 bridgehead atoms. The van der Waals surface area contributed by atoms with Gasteiger partial charge in [-0.05, 0) is 79.2 Å². The van der Waals surface area contributed by atoms with Crippen molar-refractivity contribution in [3.63, 3.8) is 0 Å². The largest absolute Gasteiger partial charge is 0.462 e. The molecule has 3 nitrogen and oxygen atoms in total. The number of rotatable bonds is 4. The quantitative estimate of drug-likeness (QED) is 0.705. The van der Waals surface area contributed by atoms with Crippen LogP contribution in [0.15, 0.2) is 30.5 Å². The van der Waals surface area contributed by atoms with Crippen LogP contribution >= 0.6 is 0 Å². The summed E-state index contributed by atoms with van der Waals surface area (Å²) >= 11 is 0. The van der Waals surface area contributed by atoms with Gasteiger partial charge in [0.25, 0.3) is 0 Å². The molecule has 1 aromatic carbocycles. The number of aromatic nitrogens is 1. The molecule has 1 heterocycles. The lowest BCUT2D eigenvalue weighted by atomic mass is 9.91. The van der Waals surface area contributed by atoms with Crippen molar-refractivity contribution in [2.45, 2.75) is 58.0 Å². The molecule has 4 rings (SSSR count). The van der Waals surface area contributed by atoms with Crippen molar-refractivity contribution in [1.82, 2.24) is 4.98 Å². The van der Waals surface area contributed by atoms with Crippen molar-refractivity contribution in [2.24, 2.45) is 17.8 Å². The SMILES string of the molecule is CC(C)CC(=O)OC1C[C@@H]2CC(c3ccnc4ccc(F)cc34)C[C@@H]2C1. The number of carbonyl (C=O) groups excluding carboxylic acids is 1. The second-order valence-corrected chi connectivity index (χ2v) is 8.43. The summed E-state index contributed by atoms with van der Waals surface area (Å²) in [6.07, 6.45) is 6.56. The predicted molar refractivity (Wildman–Crippen MR) is 99.2 cm³/mol. The molecule has 0 radical (unpaired) electrons. The smallest absolute Gasteiger partial charge is 0.306 e. The topological polar surface area (TPSA) is 39.2 Å². The molecule has 0 amide bonds. The van der Waals surface area contributed by atoms with Gasteiger partial charge in [-0.2, -0.15) is 0 Å². The summed E-state index contributed by atoms with van der Waals surface area (Å²) < 4.78 is 19.4. The molecular weight excluding hydrogens is 329 g/mol. The third-order valence-electron chi connectivity index (χ3n) is 6.02. The molecule has 0 N–H and O–H groups in total. The maximum atomic E-state index is 13.7. The van der Waals surface area contributed by atoms with Gasteiger partial charge in [0.15, 0.2) is 0 Å². The zero-order valence-corrected chi connectivity index (χ0v) is 15.5. The molecule has 1 aromatic heterocycles. The highest BCUT2D eigenvalue weighted by Gasteiger charge is 2.43. The van der Waals surface area contributed by atoms with Crippen LogP contribution < -0.4 is 0 Å². The van der Waals surface area contributed by atoms with E-state index in [9.17, 15) is 9.18 Å². The Hall–Kier alpha value is -1.97. The number of pyridine rings is 1. The number of carbonyl (C=O) groups is 1. The van der Waals surface area contributed by atoms with Crippen LogP contribution in [-0.4, -0.2) is 17.1 Å². The fourth-order valence-corrected chi connectivity index (χ4v) is 4.97. The van der Waals surface area contributed by atoms with Crippen molar-refractivity contribution in [3.05, 3.63) is 41.8 Å². The third kappa shape index (κ3) is 3.46. The highest BCUT2D eigenvalue weighted by atomic mass is 19.1. The fourth-order valence-electron chi connectivity index (χ4n) is 4.97. The van der Waals surface area contributed by atoms with Crippen LogP contribution in [0, 0.1) is 23.6 Å². The highest BCUT2D eigenvalue weighted by Crippen LogP contribution is 2.52. The van der Waals surface area contributed by atoms with Crippen LogP contribution in [0.1, 0.15) is 57.4 Å². The number of esters is 1. The lowest BCUT2D eigenvalue weighted by Gasteiger charge is -2.18. The standard InChI is InChI=1S/C22H26FNO2/c1-13(2)7-22(25)26-18-10-14-8-16(9-15(14)11-18)19-5-6-24-21-4-3-17(23)12-20(19)21/h3-6,12-16,18H,7-11H2,1-2H3/t14-,15+,16?,18?. The fraction of sp³-hybridized carbons (Fsp3) is 0.545. The minimum Gasteiger partial charge on any atom is -0.462 e. The molecule has 138 valence electrons. The summed E-state index contributed by atoms with van der Waals surface area (Å²) in [4.78, 5) is 16.3. The van der Waals surface area contributed by atoms with E-state index >= 15 is 0 Å². The van der Waals surface area contributed by atoms with E-state index < -0.39 is 0 Å². The van der Waals surface area contributed by atoms with Gasteiger partial charge in [0.05, 0.1) is 5.52 Å². The van der Waals surface area contributed by atoms with Crippen LogP contribution in [0.4, 0.5) is 4.39 Å². The summed E-state index contributed by atoms with van der Waals surface area (Å²) in [5.41, 5.74) is 2.08. The van der Waals surface area contributed by atoms with Crippen LogP contribution in [0.3, 0.4) is 0 Å². The molecular formula is C22H26FNO2. The first-order valence-electron chi connectivity index (χ1n) is 9.73. The van der Waals surface area contributed by atoms with Crippen molar-refractivity contribution in [2.75, 3.05) is 0 Å². The number of hydrogen-bond donors (Lipinski definition) is 0. The zero-order chi connectivity index (χ0) is 18.3. The van der Waals surface area contributed by atoms with Crippen molar-refractivity contribution < 1.29 is 13.9 Å². The molecule has 2 unspecified atom stereocenters. The lowest BCUT2D eigenvalue weighted by molar-refractivity contribution is -0.149. The van der Waals surface area contributed by atoms with E-state index in [1.807, 2.05) is 26.1 Å². The van der Waals surface area contributed by atoms with E-state index in [2.05, 4.69) is 4.98 Å². The number of benzene rings is 1. The van der Waals surface area contributed by atoms with Crippen molar-refractivity contribution in [3.8, 4) is 0 Å². The van der Waals surface area contributed by atoms with E-state index in [1.165, 1.54) is 11.6 Å². The molecule has 4 heteroatoms. The average Bonchev–Trinajstić information content (AvgIpc) is 3.11. The van der Waals surface area contributed by atoms with Gasteiger partial charge in [-0.15, -0.1) is 0 Å². The predicted octanol–water partition coefficient (Wildman–Crippen LogP) is 5.24. The van der Waals surface area contributed by atoms with E-state index in [4.69, 9.17) is 4.74 Å². The van der Waals surface area contributed by atoms with Gasteiger partial charge in [0.2, 0.25) is 0 Å². The summed E-state index contributed by atoms with van der Waals surface area (Å²) in [7, 11) is 0. The normalized spacial score (nSPS) is 27.8. The van der Waals surface area contributed by atoms with Gasteiger partial charge in [-0.3, -0.25) is 9.78 Å². The van der Waals surface area contributed by atoms with Gasteiger partial charge < -0.3 is 4.74 Å². The second kappa shape index (κ2) is 6.98. The average molecular weight is 355 g/mol. The Balaban J connectivity index is 1.44. The molecule has 2 aliphatic carbocycles. The Morgan fingerprint density at radius 2 is 1.92 bits per heavy atom.